The van der Waals surface area contributed by atoms with Gasteiger partial charge in [-0.1, -0.05) is 86.6 Å². The fraction of sp³-hybridized carbons (Fsp3) is 0.310. The lowest BCUT2D eigenvalue weighted by molar-refractivity contribution is -0.149. The van der Waals surface area contributed by atoms with E-state index in [1.165, 1.54) is 0 Å². The van der Waals surface area contributed by atoms with E-state index in [1.807, 2.05) is 98.8 Å². The molecular weight excluding hydrogens is 476 g/mol. The van der Waals surface area contributed by atoms with Crippen molar-refractivity contribution in [3.63, 3.8) is 0 Å². The van der Waals surface area contributed by atoms with Gasteiger partial charge in [0.1, 0.15) is 25.0 Å². The molecular formula is C29H35ClN2O4. The van der Waals surface area contributed by atoms with Crippen LogP contribution in [-0.2, 0) is 34.0 Å². The number of ether oxygens (including phenoxy) is 2. The molecule has 192 valence electrons. The van der Waals surface area contributed by atoms with Gasteiger partial charge < -0.3 is 20.5 Å². The summed E-state index contributed by atoms with van der Waals surface area (Å²) in [7, 11) is 0. The van der Waals surface area contributed by atoms with Crippen molar-refractivity contribution in [2.24, 2.45) is 11.7 Å². The lowest BCUT2D eigenvalue weighted by Crippen LogP contribution is -2.50. The van der Waals surface area contributed by atoms with Gasteiger partial charge in [-0.2, -0.15) is 0 Å². The number of hydrogen-bond donors (Lipinski definition) is 2. The minimum Gasteiger partial charge on any atom is -0.489 e. The molecule has 2 atom stereocenters. The molecule has 0 unspecified atom stereocenters. The Bertz CT molecular complexity index is 1060. The summed E-state index contributed by atoms with van der Waals surface area (Å²) in [6.45, 7) is 4.63. The van der Waals surface area contributed by atoms with Crippen molar-refractivity contribution in [2.75, 3.05) is 0 Å². The third-order valence-electron chi connectivity index (χ3n) is 5.50. The molecule has 3 rings (SSSR count). The van der Waals surface area contributed by atoms with Crippen molar-refractivity contribution in [1.82, 2.24) is 5.32 Å². The standard InChI is InChI=1S/C29H34N2O4.ClH/c1-21(2)17-27(29(33)35-20-24-11-7-4-8-12-24)31-28(32)26(30)18-22-13-15-25(16-14-22)34-19-23-9-5-3-6-10-23;/h3-16,21,26-27H,17-20,30H2,1-2H3,(H,31,32);1H/t26-,27-;/m0./s1. The molecule has 1 amide bonds. The molecule has 0 saturated heterocycles. The topological polar surface area (TPSA) is 90.7 Å². The first kappa shape index (κ1) is 28.9. The van der Waals surface area contributed by atoms with Gasteiger partial charge in [-0.05, 0) is 47.6 Å². The Morgan fingerprint density at radius 1 is 0.806 bits per heavy atom. The number of halogens is 1. The highest BCUT2D eigenvalue weighted by Crippen LogP contribution is 2.16. The number of nitrogens with two attached hydrogens (primary N) is 1. The van der Waals surface area contributed by atoms with Gasteiger partial charge in [0.2, 0.25) is 5.91 Å². The van der Waals surface area contributed by atoms with Gasteiger partial charge in [0.15, 0.2) is 0 Å². The van der Waals surface area contributed by atoms with Crippen molar-refractivity contribution in [3.05, 3.63) is 102 Å². The fourth-order valence-corrected chi connectivity index (χ4v) is 3.60. The van der Waals surface area contributed by atoms with E-state index in [9.17, 15) is 9.59 Å². The average Bonchev–Trinajstić information content (AvgIpc) is 2.87. The Labute approximate surface area is 219 Å². The first-order chi connectivity index (χ1) is 16.9. The van der Waals surface area contributed by atoms with Gasteiger partial charge in [-0.25, -0.2) is 4.79 Å². The van der Waals surface area contributed by atoms with E-state index in [1.54, 1.807) is 0 Å². The molecule has 3 aromatic rings. The summed E-state index contributed by atoms with van der Waals surface area (Å²) in [5.41, 5.74) is 9.06. The van der Waals surface area contributed by atoms with Crippen molar-refractivity contribution in [1.29, 1.82) is 0 Å². The smallest absolute Gasteiger partial charge is 0.328 e. The normalized spacial score (nSPS) is 12.2. The van der Waals surface area contributed by atoms with E-state index >= 15 is 0 Å². The number of carbonyl (C=O) groups is 2. The van der Waals surface area contributed by atoms with Gasteiger partial charge in [0.05, 0.1) is 6.04 Å². The molecule has 0 fully saturated rings. The Morgan fingerprint density at radius 2 is 1.36 bits per heavy atom. The fourth-order valence-electron chi connectivity index (χ4n) is 3.60. The Hall–Kier alpha value is -3.35. The summed E-state index contributed by atoms with van der Waals surface area (Å²) < 4.78 is 11.3. The molecule has 0 aromatic heterocycles. The number of carbonyl (C=O) groups excluding carboxylic acids is 2. The first-order valence-electron chi connectivity index (χ1n) is 11.9. The summed E-state index contributed by atoms with van der Waals surface area (Å²) >= 11 is 0. The van der Waals surface area contributed by atoms with Gasteiger partial charge >= 0.3 is 5.97 Å². The second kappa shape index (κ2) is 14.9. The second-order valence-electron chi connectivity index (χ2n) is 9.01. The van der Waals surface area contributed by atoms with E-state index in [2.05, 4.69) is 5.32 Å². The van der Waals surface area contributed by atoms with Crippen LogP contribution < -0.4 is 15.8 Å². The van der Waals surface area contributed by atoms with Crippen LogP contribution in [0.2, 0.25) is 0 Å². The lowest BCUT2D eigenvalue weighted by atomic mass is 10.0. The average molecular weight is 511 g/mol. The summed E-state index contributed by atoms with van der Waals surface area (Å²) in [4.78, 5) is 25.5. The van der Waals surface area contributed by atoms with Gasteiger partial charge in [-0.15, -0.1) is 12.4 Å². The predicted molar refractivity (Wildman–Crippen MR) is 144 cm³/mol. The second-order valence-corrected chi connectivity index (χ2v) is 9.01. The minimum atomic E-state index is -0.789. The van der Waals surface area contributed by atoms with Crippen LogP contribution >= 0.6 is 12.4 Å². The highest BCUT2D eigenvalue weighted by molar-refractivity contribution is 5.87. The quantitative estimate of drug-likeness (QED) is 0.340. The zero-order valence-electron chi connectivity index (χ0n) is 20.8. The highest BCUT2D eigenvalue weighted by Gasteiger charge is 2.26. The maximum Gasteiger partial charge on any atom is 0.328 e. The summed E-state index contributed by atoms with van der Waals surface area (Å²) in [6, 6.07) is 25.4. The van der Waals surface area contributed by atoms with E-state index in [4.69, 9.17) is 15.2 Å². The van der Waals surface area contributed by atoms with Crippen LogP contribution in [0.5, 0.6) is 5.75 Å². The predicted octanol–water partition coefficient (Wildman–Crippen LogP) is 4.83. The maximum atomic E-state index is 12.8. The molecule has 3 aromatic carbocycles. The first-order valence-corrected chi connectivity index (χ1v) is 11.9. The lowest BCUT2D eigenvalue weighted by Gasteiger charge is -2.21. The molecule has 0 radical (unpaired) electrons. The van der Waals surface area contributed by atoms with Crippen LogP contribution in [0.1, 0.15) is 37.0 Å². The number of benzene rings is 3. The molecule has 0 aliphatic rings. The summed E-state index contributed by atoms with van der Waals surface area (Å²) in [5.74, 6) is 0.109. The maximum absolute atomic E-state index is 12.8. The molecule has 36 heavy (non-hydrogen) atoms. The number of nitrogens with one attached hydrogen (secondary N) is 1. The molecule has 6 nitrogen and oxygen atoms in total. The largest absolute Gasteiger partial charge is 0.489 e. The van der Waals surface area contributed by atoms with Crippen LogP contribution in [0.25, 0.3) is 0 Å². The number of amides is 1. The third-order valence-corrected chi connectivity index (χ3v) is 5.50. The number of esters is 1. The number of hydrogen-bond acceptors (Lipinski definition) is 5. The van der Waals surface area contributed by atoms with E-state index in [0.717, 1.165) is 22.4 Å². The Morgan fingerprint density at radius 3 is 1.92 bits per heavy atom. The van der Waals surface area contributed by atoms with Gasteiger partial charge in [-0.3, -0.25) is 4.79 Å². The van der Waals surface area contributed by atoms with Crippen LogP contribution in [0.4, 0.5) is 0 Å². The van der Waals surface area contributed by atoms with Crippen LogP contribution in [-0.4, -0.2) is 24.0 Å². The minimum absolute atomic E-state index is 0. The van der Waals surface area contributed by atoms with Gasteiger partial charge in [0.25, 0.3) is 0 Å². The van der Waals surface area contributed by atoms with Crippen molar-refractivity contribution < 1.29 is 19.1 Å². The Kier molecular flexibility index (Phi) is 12.0. The van der Waals surface area contributed by atoms with Crippen molar-refractivity contribution in [3.8, 4) is 5.75 Å². The van der Waals surface area contributed by atoms with Crippen LogP contribution in [0.3, 0.4) is 0 Å². The van der Waals surface area contributed by atoms with Crippen LogP contribution in [0, 0.1) is 5.92 Å². The molecule has 0 spiro atoms. The molecule has 0 bridgehead atoms. The molecule has 0 heterocycles. The summed E-state index contributed by atoms with van der Waals surface area (Å²) in [6.07, 6.45) is 0.817. The molecule has 0 aliphatic carbocycles. The van der Waals surface area contributed by atoms with Gasteiger partial charge in [0, 0.05) is 0 Å². The highest BCUT2D eigenvalue weighted by atomic mass is 35.5. The van der Waals surface area contributed by atoms with Crippen molar-refractivity contribution in [2.45, 2.75) is 52.0 Å². The zero-order chi connectivity index (χ0) is 25.0. The monoisotopic (exact) mass is 510 g/mol. The number of rotatable bonds is 12. The molecule has 7 heteroatoms. The molecule has 0 saturated carbocycles. The Balaban J connectivity index is 0.00000456. The third kappa shape index (κ3) is 9.72. The zero-order valence-corrected chi connectivity index (χ0v) is 21.6. The molecule has 3 N–H and O–H groups in total. The summed E-state index contributed by atoms with van der Waals surface area (Å²) in [5, 5.41) is 2.79. The molecule has 0 aliphatic heterocycles. The van der Waals surface area contributed by atoms with E-state index in [0.29, 0.717) is 19.4 Å². The SMILES string of the molecule is CC(C)C[C@H](NC(=O)[C@@H](N)Cc1ccc(OCc2ccccc2)cc1)C(=O)OCc1ccccc1.Cl. The van der Waals surface area contributed by atoms with Crippen LogP contribution in [0.15, 0.2) is 84.9 Å². The van der Waals surface area contributed by atoms with Crippen molar-refractivity contribution >= 4 is 24.3 Å². The van der Waals surface area contributed by atoms with E-state index in [-0.39, 0.29) is 30.8 Å². The van der Waals surface area contributed by atoms with E-state index < -0.39 is 18.1 Å².